The Labute approximate surface area is 115 Å². The molecule has 4 nitrogen and oxygen atoms in total. The van der Waals surface area contributed by atoms with Crippen LogP contribution in [0.15, 0.2) is 24.5 Å². The SMILES string of the molecule is CCNC(c1cc(OC)ncn1)c1ccc(Cl)s1. The highest BCUT2D eigenvalue weighted by atomic mass is 35.5. The van der Waals surface area contributed by atoms with E-state index in [0.29, 0.717) is 5.88 Å². The number of halogens is 1. The van der Waals surface area contributed by atoms with E-state index in [4.69, 9.17) is 16.3 Å². The van der Waals surface area contributed by atoms with Crippen molar-refractivity contribution in [3.8, 4) is 5.88 Å². The lowest BCUT2D eigenvalue weighted by Crippen LogP contribution is -2.22. The fourth-order valence-corrected chi connectivity index (χ4v) is 2.81. The van der Waals surface area contributed by atoms with E-state index in [1.54, 1.807) is 18.4 Å². The number of nitrogens with one attached hydrogen (secondary N) is 1. The van der Waals surface area contributed by atoms with Crippen LogP contribution in [-0.2, 0) is 0 Å². The Kier molecular flexibility index (Phi) is 4.52. The van der Waals surface area contributed by atoms with Gasteiger partial charge in [0.1, 0.15) is 6.33 Å². The molecular weight excluding hydrogens is 270 g/mol. The summed E-state index contributed by atoms with van der Waals surface area (Å²) in [7, 11) is 1.59. The van der Waals surface area contributed by atoms with Gasteiger partial charge < -0.3 is 10.1 Å². The minimum Gasteiger partial charge on any atom is -0.481 e. The van der Waals surface area contributed by atoms with Crippen LogP contribution in [0.1, 0.15) is 23.5 Å². The number of thiophene rings is 1. The van der Waals surface area contributed by atoms with Gasteiger partial charge in [-0.05, 0) is 18.7 Å². The fourth-order valence-electron chi connectivity index (χ4n) is 1.66. The minimum absolute atomic E-state index is 0.0180. The van der Waals surface area contributed by atoms with E-state index in [1.165, 1.54) is 6.33 Å². The molecule has 0 fully saturated rings. The summed E-state index contributed by atoms with van der Waals surface area (Å²) in [6, 6.07) is 5.75. The maximum absolute atomic E-state index is 5.98. The second kappa shape index (κ2) is 6.13. The van der Waals surface area contributed by atoms with Crippen molar-refractivity contribution in [3.05, 3.63) is 39.4 Å². The summed E-state index contributed by atoms with van der Waals surface area (Å²) in [5.41, 5.74) is 0.877. The lowest BCUT2D eigenvalue weighted by Gasteiger charge is -2.15. The second-order valence-corrected chi connectivity index (χ2v) is 5.36. The Morgan fingerprint density at radius 1 is 1.44 bits per heavy atom. The minimum atomic E-state index is 0.0180. The van der Waals surface area contributed by atoms with Crippen LogP contribution < -0.4 is 10.1 Å². The molecule has 0 saturated carbocycles. The third-order valence-electron chi connectivity index (χ3n) is 2.45. The average molecular weight is 284 g/mol. The summed E-state index contributed by atoms with van der Waals surface area (Å²) in [5, 5.41) is 3.39. The van der Waals surface area contributed by atoms with Gasteiger partial charge >= 0.3 is 0 Å². The summed E-state index contributed by atoms with van der Waals surface area (Å²) in [6.45, 7) is 2.90. The highest BCUT2D eigenvalue weighted by molar-refractivity contribution is 7.16. The van der Waals surface area contributed by atoms with E-state index < -0.39 is 0 Å². The monoisotopic (exact) mass is 283 g/mol. The predicted molar refractivity (Wildman–Crippen MR) is 73.4 cm³/mol. The number of methoxy groups -OCH3 is 1. The van der Waals surface area contributed by atoms with Gasteiger partial charge in [-0.1, -0.05) is 18.5 Å². The highest BCUT2D eigenvalue weighted by Gasteiger charge is 2.17. The Morgan fingerprint density at radius 3 is 2.89 bits per heavy atom. The standard InChI is InChI=1S/C12H14ClN3OS/c1-3-14-12(9-4-5-10(13)18-9)8-6-11(17-2)16-7-15-8/h4-7,12,14H,3H2,1-2H3. The molecule has 0 aliphatic carbocycles. The number of aromatic nitrogens is 2. The van der Waals surface area contributed by atoms with Crippen molar-refractivity contribution in [2.24, 2.45) is 0 Å². The zero-order valence-electron chi connectivity index (χ0n) is 10.2. The molecule has 0 saturated heterocycles. The molecule has 6 heteroatoms. The van der Waals surface area contributed by atoms with Crippen molar-refractivity contribution in [1.29, 1.82) is 0 Å². The first-order valence-corrected chi connectivity index (χ1v) is 6.78. The second-order valence-electron chi connectivity index (χ2n) is 3.62. The van der Waals surface area contributed by atoms with Crippen LogP contribution in [0.3, 0.4) is 0 Å². The number of nitrogens with zero attached hydrogens (tertiary/aromatic N) is 2. The Morgan fingerprint density at radius 2 is 2.28 bits per heavy atom. The molecule has 0 spiro atoms. The van der Waals surface area contributed by atoms with Crippen molar-refractivity contribution in [2.45, 2.75) is 13.0 Å². The molecular formula is C12H14ClN3OS. The van der Waals surface area contributed by atoms with E-state index in [-0.39, 0.29) is 6.04 Å². The molecule has 2 aromatic heterocycles. The van der Waals surface area contributed by atoms with Crippen molar-refractivity contribution in [3.63, 3.8) is 0 Å². The fraction of sp³-hybridized carbons (Fsp3) is 0.333. The predicted octanol–water partition coefficient (Wildman–Crippen LogP) is 2.90. The lowest BCUT2D eigenvalue weighted by atomic mass is 10.1. The largest absolute Gasteiger partial charge is 0.481 e. The number of hydrogen-bond acceptors (Lipinski definition) is 5. The van der Waals surface area contributed by atoms with Gasteiger partial charge in [0.05, 0.1) is 23.2 Å². The lowest BCUT2D eigenvalue weighted by molar-refractivity contribution is 0.395. The van der Waals surface area contributed by atoms with Gasteiger partial charge in [-0.25, -0.2) is 9.97 Å². The molecule has 0 radical (unpaired) electrons. The van der Waals surface area contributed by atoms with Gasteiger partial charge in [-0.3, -0.25) is 0 Å². The molecule has 1 unspecified atom stereocenters. The van der Waals surface area contributed by atoms with Crippen LogP contribution in [0.25, 0.3) is 0 Å². The van der Waals surface area contributed by atoms with Gasteiger partial charge in [0.25, 0.3) is 0 Å². The average Bonchev–Trinajstić information content (AvgIpc) is 2.82. The van der Waals surface area contributed by atoms with Crippen LogP contribution >= 0.6 is 22.9 Å². The van der Waals surface area contributed by atoms with Crippen molar-refractivity contribution in [1.82, 2.24) is 15.3 Å². The third kappa shape index (κ3) is 2.98. The first kappa shape index (κ1) is 13.3. The Balaban J connectivity index is 2.34. The zero-order valence-corrected chi connectivity index (χ0v) is 11.8. The molecule has 2 heterocycles. The molecule has 0 bridgehead atoms. The molecule has 1 atom stereocenters. The molecule has 0 aromatic carbocycles. The summed E-state index contributed by atoms with van der Waals surface area (Å²) < 4.78 is 5.89. The smallest absolute Gasteiger partial charge is 0.216 e. The third-order valence-corrected chi connectivity index (χ3v) is 3.75. The topological polar surface area (TPSA) is 47.0 Å². The van der Waals surface area contributed by atoms with Crippen LogP contribution in [0.2, 0.25) is 4.34 Å². The van der Waals surface area contributed by atoms with Crippen LogP contribution in [0, 0.1) is 0 Å². The van der Waals surface area contributed by atoms with Gasteiger partial charge in [-0.15, -0.1) is 11.3 Å². The summed E-state index contributed by atoms with van der Waals surface area (Å²) >= 11 is 7.53. The number of rotatable bonds is 5. The van der Waals surface area contributed by atoms with Gasteiger partial charge in [0.2, 0.25) is 5.88 Å². The summed E-state index contributed by atoms with van der Waals surface area (Å²) in [4.78, 5) is 9.44. The van der Waals surface area contributed by atoms with Crippen molar-refractivity contribution < 1.29 is 4.74 Å². The highest BCUT2D eigenvalue weighted by Crippen LogP contribution is 2.30. The van der Waals surface area contributed by atoms with E-state index in [2.05, 4.69) is 22.2 Å². The molecule has 0 aliphatic rings. The van der Waals surface area contributed by atoms with Crippen LogP contribution in [-0.4, -0.2) is 23.6 Å². The van der Waals surface area contributed by atoms with E-state index >= 15 is 0 Å². The van der Waals surface area contributed by atoms with Crippen molar-refractivity contribution in [2.75, 3.05) is 13.7 Å². The molecule has 96 valence electrons. The Bertz CT molecular complexity index is 518. The zero-order chi connectivity index (χ0) is 13.0. The van der Waals surface area contributed by atoms with Gasteiger partial charge in [-0.2, -0.15) is 0 Å². The molecule has 2 aromatic rings. The summed E-state index contributed by atoms with van der Waals surface area (Å²) in [5.74, 6) is 0.561. The van der Waals surface area contributed by atoms with E-state index in [9.17, 15) is 0 Å². The molecule has 1 N–H and O–H groups in total. The maximum atomic E-state index is 5.98. The first-order valence-electron chi connectivity index (χ1n) is 5.59. The maximum Gasteiger partial charge on any atom is 0.216 e. The number of ether oxygens (including phenoxy) is 1. The normalized spacial score (nSPS) is 12.4. The molecule has 0 aliphatic heterocycles. The van der Waals surface area contributed by atoms with Crippen LogP contribution in [0.5, 0.6) is 5.88 Å². The van der Waals surface area contributed by atoms with Gasteiger partial charge in [0, 0.05) is 10.9 Å². The summed E-state index contributed by atoms with van der Waals surface area (Å²) in [6.07, 6.45) is 1.51. The molecule has 2 rings (SSSR count). The van der Waals surface area contributed by atoms with Crippen LogP contribution in [0.4, 0.5) is 0 Å². The molecule has 18 heavy (non-hydrogen) atoms. The number of hydrogen-bond donors (Lipinski definition) is 1. The van der Waals surface area contributed by atoms with Crippen molar-refractivity contribution >= 4 is 22.9 Å². The molecule has 0 amide bonds. The van der Waals surface area contributed by atoms with Gasteiger partial charge in [0.15, 0.2) is 0 Å². The van der Waals surface area contributed by atoms with E-state index in [0.717, 1.165) is 21.5 Å². The quantitative estimate of drug-likeness (QED) is 0.916. The van der Waals surface area contributed by atoms with E-state index in [1.807, 2.05) is 18.2 Å². The first-order chi connectivity index (χ1) is 8.74. The Hall–Kier alpha value is -1.17.